The van der Waals surface area contributed by atoms with E-state index in [0.717, 1.165) is 12.1 Å². The molecule has 0 fully saturated rings. The van der Waals surface area contributed by atoms with E-state index in [1.165, 1.54) is 12.0 Å². The Bertz CT molecular complexity index is 793. The molecule has 0 spiro atoms. The average Bonchev–Trinajstić information content (AvgIpc) is 3.20. The highest BCUT2D eigenvalue weighted by atomic mass is 19.4. The van der Waals surface area contributed by atoms with Gasteiger partial charge in [-0.2, -0.15) is 13.2 Å². The van der Waals surface area contributed by atoms with E-state index in [9.17, 15) is 18.0 Å². The van der Waals surface area contributed by atoms with Gasteiger partial charge in [-0.25, -0.2) is 9.78 Å². The first-order chi connectivity index (χ1) is 12.6. The van der Waals surface area contributed by atoms with Gasteiger partial charge in [-0.1, -0.05) is 18.2 Å². The molecule has 0 aliphatic carbocycles. The van der Waals surface area contributed by atoms with Crippen LogP contribution in [0.3, 0.4) is 0 Å². The number of para-hydroxylation sites is 1. The first-order valence-corrected chi connectivity index (χ1v) is 7.95. The number of hydrogen-bond donors (Lipinski definition) is 2. The van der Waals surface area contributed by atoms with Crippen molar-refractivity contribution in [2.75, 3.05) is 4.90 Å². The van der Waals surface area contributed by atoms with E-state index in [1.807, 2.05) is 25.1 Å². The molecule has 0 saturated heterocycles. The molecule has 146 valence electrons. The Morgan fingerprint density at radius 3 is 2.59 bits per heavy atom. The fourth-order valence-electron chi connectivity index (χ4n) is 2.73. The van der Waals surface area contributed by atoms with Crippen molar-refractivity contribution in [2.45, 2.75) is 38.0 Å². The number of aromatic nitrogens is 1. The Hall–Kier alpha value is -2.88. The van der Waals surface area contributed by atoms with E-state index in [2.05, 4.69) is 11.1 Å². The number of carbonyl (C=O) groups is 2. The number of hydrogen-bond acceptors (Lipinski definition) is 5. The first kappa shape index (κ1) is 20.4. The zero-order chi connectivity index (χ0) is 20.2. The smallest absolute Gasteiger partial charge is 0.475 e. The molecule has 1 aromatic carbocycles. The number of fused-ring (bicyclic) bond motifs is 1. The predicted octanol–water partition coefficient (Wildman–Crippen LogP) is 2.16. The summed E-state index contributed by atoms with van der Waals surface area (Å²) in [6.07, 6.45) is -0.907. The number of alkyl halides is 3. The summed E-state index contributed by atoms with van der Waals surface area (Å²) in [7, 11) is 0. The monoisotopic (exact) mass is 385 g/mol. The molecule has 1 amide bonds. The molecule has 2 heterocycles. The third kappa shape index (κ3) is 5.07. The molecule has 1 aliphatic heterocycles. The average molecular weight is 385 g/mol. The van der Waals surface area contributed by atoms with Crippen molar-refractivity contribution in [1.29, 1.82) is 0 Å². The SMILES string of the molecule is CC1Cc2ccccc2N1C(=O)C(N)Cc1cnco1.O=C(O)C(F)(F)F. The maximum Gasteiger partial charge on any atom is 0.490 e. The number of anilines is 1. The van der Waals surface area contributed by atoms with Gasteiger partial charge in [0.15, 0.2) is 6.39 Å². The molecule has 2 aromatic rings. The fraction of sp³-hybridized carbons (Fsp3) is 0.353. The van der Waals surface area contributed by atoms with E-state index < -0.39 is 18.2 Å². The molecular formula is C17H18F3N3O4. The van der Waals surface area contributed by atoms with E-state index in [1.54, 1.807) is 11.1 Å². The minimum absolute atomic E-state index is 0.0705. The number of carboxylic acid groups (broad SMARTS) is 1. The Morgan fingerprint density at radius 1 is 1.41 bits per heavy atom. The molecule has 1 aliphatic rings. The Labute approximate surface area is 152 Å². The number of amides is 1. The van der Waals surface area contributed by atoms with Crippen molar-refractivity contribution in [1.82, 2.24) is 4.98 Å². The summed E-state index contributed by atoms with van der Waals surface area (Å²) in [5, 5.41) is 7.12. The van der Waals surface area contributed by atoms with Crippen LogP contribution in [-0.2, 0) is 22.4 Å². The second kappa shape index (κ2) is 8.21. The molecule has 27 heavy (non-hydrogen) atoms. The van der Waals surface area contributed by atoms with Gasteiger partial charge >= 0.3 is 12.1 Å². The zero-order valence-corrected chi connectivity index (χ0v) is 14.3. The number of halogens is 3. The number of benzene rings is 1. The lowest BCUT2D eigenvalue weighted by Crippen LogP contribution is -2.47. The molecule has 2 unspecified atom stereocenters. The van der Waals surface area contributed by atoms with Crippen molar-refractivity contribution in [3.63, 3.8) is 0 Å². The fourth-order valence-corrected chi connectivity index (χ4v) is 2.73. The van der Waals surface area contributed by atoms with E-state index in [4.69, 9.17) is 20.1 Å². The van der Waals surface area contributed by atoms with Crippen LogP contribution in [0.1, 0.15) is 18.2 Å². The largest absolute Gasteiger partial charge is 0.490 e. The molecule has 1 aromatic heterocycles. The van der Waals surface area contributed by atoms with E-state index in [0.29, 0.717) is 12.2 Å². The van der Waals surface area contributed by atoms with Gasteiger partial charge in [0.1, 0.15) is 5.76 Å². The highest BCUT2D eigenvalue weighted by Crippen LogP contribution is 2.32. The molecule has 7 nitrogen and oxygen atoms in total. The number of nitrogens with two attached hydrogens (primary N) is 1. The molecule has 0 saturated carbocycles. The third-order valence-corrected chi connectivity index (χ3v) is 3.91. The van der Waals surface area contributed by atoms with Gasteiger partial charge in [0.25, 0.3) is 0 Å². The number of rotatable bonds is 3. The van der Waals surface area contributed by atoms with Crippen LogP contribution < -0.4 is 10.6 Å². The van der Waals surface area contributed by atoms with Crippen molar-refractivity contribution in [2.24, 2.45) is 5.73 Å². The molecule has 0 radical (unpaired) electrons. The van der Waals surface area contributed by atoms with Gasteiger partial charge < -0.3 is 20.2 Å². The number of carboxylic acids is 1. The van der Waals surface area contributed by atoms with E-state index in [-0.39, 0.29) is 11.9 Å². The lowest BCUT2D eigenvalue weighted by atomic mass is 10.1. The highest BCUT2D eigenvalue weighted by Gasteiger charge is 2.38. The number of nitrogens with zero attached hydrogens (tertiary/aromatic N) is 2. The summed E-state index contributed by atoms with van der Waals surface area (Å²) < 4.78 is 36.9. The quantitative estimate of drug-likeness (QED) is 0.838. The van der Waals surface area contributed by atoms with Crippen LogP contribution in [0.15, 0.2) is 41.3 Å². The topological polar surface area (TPSA) is 110 Å². The van der Waals surface area contributed by atoms with Crippen LogP contribution in [0.5, 0.6) is 0 Å². The molecule has 10 heteroatoms. The van der Waals surface area contributed by atoms with E-state index >= 15 is 0 Å². The van der Waals surface area contributed by atoms with Gasteiger partial charge in [0.2, 0.25) is 5.91 Å². The summed E-state index contributed by atoms with van der Waals surface area (Å²) in [4.78, 5) is 27.1. The lowest BCUT2D eigenvalue weighted by molar-refractivity contribution is -0.192. The molecule has 3 N–H and O–H groups in total. The van der Waals surface area contributed by atoms with Crippen molar-refractivity contribution < 1.29 is 32.3 Å². The van der Waals surface area contributed by atoms with Crippen LogP contribution >= 0.6 is 0 Å². The molecule has 3 rings (SSSR count). The standard InChI is InChI=1S/C15H17N3O2.C2HF3O2/c1-10-6-11-4-2-3-5-14(11)18(10)15(19)13(16)7-12-8-17-9-20-12;3-2(4,5)1(6)7/h2-5,8-10,13H,6-7,16H2,1H3;(H,6,7). The van der Waals surface area contributed by atoms with Crippen LogP contribution in [0.2, 0.25) is 0 Å². The van der Waals surface area contributed by atoms with Crippen molar-refractivity contribution in [3.05, 3.63) is 48.2 Å². The number of aliphatic carboxylic acids is 1. The maximum absolute atomic E-state index is 12.6. The Balaban J connectivity index is 0.000000321. The van der Waals surface area contributed by atoms with Gasteiger partial charge in [-0.05, 0) is 25.0 Å². The van der Waals surface area contributed by atoms with Gasteiger partial charge in [-0.15, -0.1) is 0 Å². The second-order valence-corrected chi connectivity index (χ2v) is 5.97. The van der Waals surface area contributed by atoms with Crippen LogP contribution in [-0.4, -0.2) is 40.2 Å². The number of carbonyl (C=O) groups excluding carboxylic acids is 1. The number of oxazole rings is 1. The molecule has 0 bridgehead atoms. The van der Waals surface area contributed by atoms with Crippen LogP contribution in [0, 0.1) is 0 Å². The lowest BCUT2D eigenvalue weighted by Gasteiger charge is -2.25. The minimum Gasteiger partial charge on any atom is -0.475 e. The summed E-state index contributed by atoms with van der Waals surface area (Å²) >= 11 is 0. The third-order valence-electron chi connectivity index (χ3n) is 3.91. The van der Waals surface area contributed by atoms with Crippen LogP contribution in [0.25, 0.3) is 0 Å². The second-order valence-electron chi connectivity index (χ2n) is 5.97. The maximum atomic E-state index is 12.6. The van der Waals surface area contributed by atoms with Gasteiger partial charge in [0, 0.05) is 18.2 Å². The van der Waals surface area contributed by atoms with Crippen molar-refractivity contribution in [3.8, 4) is 0 Å². The minimum atomic E-state index is -5.08. The molecule has 2 atom stereocenters. The Kier molecular flexibility index (Phi) is 6.21. The summed E-state index contributed by atoms with van der Waals surface area (Å²) in [6, 6.07) is 7.49. The summed E-state index contributed by atoms with van der Waals surface area (Å²) in [6.45, 7) is 2.04. The summed E-state index contributed by atoms with van der Waals surface area (Å²) in [5.74, 6) is -2.20. The van der Waals surface area contributed by atoms with Crippen molar-refractivity contribution >= 4 is 17.6 Å². The van der Waals surface area contributed by atoms with Gasteiger partial charge in [-0.3, -0.25) is 4.79 Å². The normalized spacial score (nSPS) is 16.9. The summed E-state index contributed by atoms with van der Waals surface area (Å²) in [5.41, 5.74) is 8.19. The highest BCUT2D eigenvalue weighted by molar-refractivity contribution is 5.99. The molecular weight excluding hydrogens is 367 g/mol. The first-order valence-electron chi connectivity index (χ1n) is 7.95. The van der Waals surface area contributed by atoms with Gasteiger partial charge in [0.05, 0.1) is 12.2 Å². The Morgan fingerprint density at radius 2 is 2.04 bits per heavy atom. The zero-order valence-electron chi connectivity index (χ0n) is 14.3. The predicted molar refractivity (Wildman–Crippen MR) is 89.0 cm³/mol. The van der Waals surface area contributed by atoms with Crippen LogP contribution in [0.4, 0.5) is 18.9 Å².